The van der Waals surface area contributed by atoms with Crippen LogP contribution in [0.2, 0.25) is 0 Å². The lowest BCUT2D eigenvalue weighted by Gasteiger charge is -2.25. The van der Waals surface area contributed by atoms with E-state index in [-0.39, 0.29) is 28.8 Å². The van der Waals surface area contributed by atoms with Crippen LogP contribution in [0, 0.1) is 0 Å². The minimum atomic E-state index is -1.03. The summed E-state index contributed by atoms with van der Waals surface area (Å²) in [5.41, 5.74) is 0.660. The lowest BCUT2D eigenvalue weighted by molar-refractivity contribution is -0.771. The van der Waals surface area contributed by atoms with E-state index in [0.29, 0.717) is 12.1 Å². The quantitative estimate of drug-likeness (QED) is 0.397. The van der Waals surface area contributed by atoms with Crippen molar-refractivity contribution in [1.82, 2.24) is 5.32 Å². The topological polar surface area (TPSA) is 116 Å². The first-order chi connectivity index (χ1) is 13.3. The molecule has 3 N–H and O–H groups in total. The third kappa shape index (κ3) is 6.02. The zero-order valence-electron chi connectivity index (χ0n) is 15.9. The number of carboxylic acid groups (broad SMARTS) is 2. The van der Waals surface area contributed by atoms with E-state index in [9.17, 15) is 19.5 Å². The summed E-state index contributed by atoms with van der Waals surface area (Å²) in [6.07, 6.45) is 6.94. The van der Waals surface area contributed by atoms with E-state index in [1.165, 1.54) is 0 Å². The first-order valence-corrected chi connectivity index (χ1v) is 9.32. The van der Waals surface area contributed by atoms with Gasteiger partial charge in [-0.3, -0.25) is 9.59 Å². The number of hydrogen-bond donors (Lipinski definition) is 3. The van der Waals surface area contributed by atoms with E-state index < -0.39 is 17.8 Å². The van der Waals surface area contributed by atoms with Crippen molar-refractivity contribution in [2.75, 3.05) is 13.1 Å². The average molecular weight is 388 g/mol. The molecule has 1 aliphatic rings. The SMILES string of the molecule is CCCCCC[N+]1(CC(=O)O)C=NC(NC(=O)c2ccccc2CC(=O)O)=C1. The number of aliphatic imine (C=N–C) groups is 1. The van der Waals surface area contributed by atoms with Crippen LogP contribution in [0.3, 0.4) is 0 Å². The smallest absolute Gasteiger partial charge is 0.360 e. The minimum Gasteiger partial charge on any atom is -0.481 e. The molecule has 150 valence electrons. The predicted molar refractivity (Wildman–Crippen MR) is 104 cm³/mol. The summed E-state index contributed by atoms with van der Waals surface area (Å²) in [6.45, 7) is 2.55. The van der Waals surface area contributed by atoms with Crippen molar-refractivity contribution in [2.45, 2.75) is 39.0 Å². The van der Waals surface area contributed by atoms with Crippen molar-refractivity contribution in [2.24, 2.45) is 4.99 Å². The Bertz CT molecular complexity index is 803. The van der Waals surface area contributed by atoms with Crippen molar-refractivity contribution in [3.05, 3.63) is 47.4 Å². The van der Waals surface area contributed by atoms with Crippen LogP contribution in [-0.2, 0) is 16.0 Å². The zero-order valence-corrected chi connectivity index (χ0v) is 15.9. The summed E-state index contributed by atoms with van der Waals surface area (Å²) in [5.74, 6) is -2.17. The van der Waals surface area contributed by atoms with Gasteiger partial charge in [0.25, 0.3) is 5.91 Å². The van der Waals surface area contributed by atoms with Crippen LogP contribution in [0.15, 0.2) is 41.3 Å². The van der Waals surface area contributed by atoms with E-state index in [2.05, 4.69) is 17.2 Å². The highest BCUT2D eigenvalue weighted by molar-refractivity contribution is 5.97. The maximum absolute atomic E-state index is 12.6. The van der Waals surface area contributed by atoms with Gasteiger partial charge in [0, 0.05) is 5.56 Å². The third-order valence-corrected chi connectivity index (χ3v) is 4.51. The molecule has 1 heterocycles. The molecule has 8 nitrogen and oxygen atoms in total. The number of aliphatic carboxylic acids is 2. The normalized spacial score (nSPS) is 18.0. The second kappa shape index (κ2) is 9.80. The summed E-state index contributed by atoms with van der Waals surface area (Å²) in [5, 5.41) is 20.9. The molecule has 1 amide bonds. The second-order valence-corrected chi connectivity index (χ2v) is 6.88. The van der Waals surface area contributed by atoms with Gasteiger partial charge >= 0.3 is 11.9 Å². The first kappa shape index (κ1) is 21.3. The third-order valence-electron chi connectivity index (χ3n) is 4.51. The van der Waals surface area contributed by atoms with Gasteiger partial charge in [0.15, 0.2) is 18.7 Å². The van der Waals surface area contributed by atoms with Gasteiger partial charge in [-0.2, -0.15) is 4.99 Å². The number of carbonyl (C=O) groups is 3. The molecule has 0 aliphatic carbocycles. The number of carboxylic acids is 2. The Morgan fingerprint density at radius 1 is 1.07 bits per heavy atom. The first-order valence-electron chi connectivity index (χ1n) is 9.32. The lowest BCUT2D eigenvalue weighted by atomic mass is 10.0. The number of quaternary nitrogens is 1. The number of nitrogens with zero attached hydrogens (tertiary/aromatic N) is 2. The van der Waals surface area contributed by atoms with Gasteiger partial charge in [0.05, 0.1) is 13.0 Å². The molecule has 28 heavy (non-hydrogen) atoms. The number of amides is 1. The molecule has 0 bridgehead atoms. The highest BCUT2D eigenvalue weighted by atomic mass is 16.4. The molecular formula is C20H26N3O5+. The molecule has 2 rings (SSSR count). The zero-order chi connectivity index (χ0) is 20.6. The average Bonchev–Trinajstić information content (AvgIpc) is 3.00. The molecule has 0 fully saturated rings. The van der Waals surface area contributed by atoms with Crippen molar-refractivity contribution in [3.63, 3.8) is 0 Å². The predicted octanol–water partition coefficient (Wildman–Crippen LogP) is 2.37. The molecule has 1 aromatic rings. The molecule has 1 unspecified atom stereocenters. The number of benzene rings is 1. The molecule has 8 heteroatoms. The number of unbranched alkanes of at least 4 members (excludes halogenated alkanes) is 3. The van der Waals surface area contributed by atoms with E-state index in [1.807, 2.05) is 0 Å². The summed E-state index contributed by atoms with van der Waals surface area (Å²) in [7, 11) is 0. The molecule has 1 aliphatic heterocycles. The van der Waals surface area contributed by atoms with Gasteiger partial charge in [0.2, 0.25) is 0 Å². The maximum Gasteiger partial charge on any atom is 0.360 e. The highest BCUT2D eigenvalue weighted by Gasteiger charge is 2.32. The Morgan fingerprint density at radius 3 is 2.50 bits per heavy atom. The van der Waals surface area contributed by atoms with Crippen LogP contribution in [-0.4, -0.2) is 52.0 Å². The summed E-state index contributed by atoms with van der Waals surface area (Å²) >= 11 is 0. The number of nitrogens with one attached hydrogen (secondary N) is 1. The fourth-order valence-electron chi connectivity index (χ4n) is 3.17. The fourth-order valence-corrected chi connectivity index (χ4v) is 3.17. The van der Waals surface area contributed by atoms with Gasteiger partial charge in [0.1, 0.15) is 6.20 Å². The standard InChI is InChI=1S/C20H25N3O5/c1-2-3-4-7-10-23(13-19(26)27)12-17(21-14-23)22-20(28)16-9-6-5-8-15(16)11-18(24)25/h5-6,8-9,12,14H,2-4,7,10-11,13H2,1H3,(H2-,22,24,25,26,27,28)/p+1. The Morgan fingerprint density at radius 2 is 1.82 bits per heavy atom. The second-order valence-electron chi connectivity index (χ2n) is 6.88. The molecule has 0 aromatic heterocycles. The molecule has 0 saturated heterocycles. The molecule has 1 atom stereocenters. The number of carbonyl (C=O) groups excluding carboxylic acids is 1. The highest BCUT2D eigenvalue weighted by Crippen LogP contribution is 2.19. The summed E-state index contributed by atoms with van der Waals surface area (Å²) in [4.78, 5) is 39.1. The van der Waals surface area contributed by atoms with Crippen molar-refractivity contribution in [3.8, 4) is 0 Å². The molecule has 0 spiro atoms. The minimum absolute atomic E-state index is 0.0471. The largest absolute Gasteiger partial charge is 0.481 e. The van der Waals surface area contributed by atoms with Crippen molar-refractivity contribution < 1.29 is 29.1 Å². The Kier molecular flexibility index (Phi) is 7.45. The van der Waals surface area contributed by atoms with Crippen molar-refractivity contribution in [1.29, 1.82) is 0 Å². The van der Waals surface area contributed by atoms with Crippen LogP contribution < -0.4 is 5.32 Å². The fraction of sp³-hybridized carbons (Fsp3) is 0.400. The maximum atomic E-state index is 12.6. The number of hydrogen-bond acceptors (Lipinski definition) is 4. The Labute approximate surface area is 163 Å². The van der Waals surface area contributed by atoms with Crippen molar-refractivity contribution >= 4 is 24.2 Å². The van der Waals surface area contributed by atoms with Crippen LogP contribution >= 0.6 is 0 Å². The van der Waals surface area contributed by atoms with E-state index >= 15 is 0 Å². The van der Waals surface area contributed by atoms with Gasteiger partial charge in [-0.1, -0.05) is 38.0 Å². The number of rotatable bonds is 11. The van der Waals surface area contributed by atoms with E-state index in [0.717, 1.165) is 25.7 Å². The molecular weight excluding hydrogens is 362 g/mol. The van der Waals surface area contributed by atoms with Crippen LogP contribution in [0.5, 0.6) is 0 Å². The van der Waals surface area contributed by atoms with E-state index in [1.54, 1.807) is 36.8 Å². The van der Waals surface area contributed by atoms with Gasteiger partial charge < -0.3 is 15.5 Å². The Balaban J connectivity index is 2.13. The van der Waals surface area contributed by atoms with Gasteiger partial charge in [-0.15, -0.1) is 0 Å². The molecule has 0 saturated carbocycles. The van der Waals surface area contributed by atoms with Crippen LogP contribution in [0.1, 0.15) is 48.5 Å². The summed E-state index contributed by atoms with van der Waals surface area (Å²) < 4.78 is 0.0471. The Hall–Kier alpha value is -3.00. The summed E-state index contributed by atoms with van der Waals surface area (Å²) in [6, 6.07) is 6.48. The monoisotopic (exact) mass is 388 g/mol. The van der Waals surface area contributed by atoms with Crippen LogP contribution in [0.25, 0.3) is 0 Å². The van der Waals surface area contributed by atoms with Gasteiger partial charge in [-0.25, -0.2) is 9.28 Å². The molecule has 0 radical (unpaired) electrons. The van der Waals surface area contributed by atoms with Crippen LogP contribution in [0.4, 0.5) is 0 Å². The van der Waals surface area contributed by atoms with E-state index in [4.69, 9.17) is 5.11 Å². The molecule has 1 aromatic carbocycles. The lowest BCUT2D eigenvalue weighted by Crippen LogP contribution is -2.45. The van der Waals surface area contributed by atoms with Gasteiger partial charge in [-0.05, 0) is 24.5 Å².